The number of hydrogen-bond acceptors (Lipinski definition) is 4. The van der Waals surface area contributed by atoms with Gasteiger partial charge in [0, 0.05) is 18.5 Å². The van der Waals surface area contributed by atoms with Crippen molar-refractivity contribution in [2.45, 2.75) is 6.43 Å². The number of nitrogens with two attached hydrogens (primary N) is 1. The third kappa shape index (κ3) is 2.70. The minimum atomic E-state index is -2.41. The molecule has 18 heavy (non-hydrogen) atoms. The number of anilines is 1. The van der Waals surface area contributed by atoms with Crippen LogP contribution < -0.4 is 10.6 Å². The maximum atomic E-state index is 12.6. The zero-order valence-corrected chi connectivity index (χ0v) is 9.76. The van der Waals surface area contributed by atoms with Crippen molar-refractivity contribution in [1.82, 2.24) is 10.2 Å². The van der Waals surface area contributed by atoms with Gasteiger partial charge in [0.1, 0.15) is 0 Å². The van der Waals surface area contributed by atoms with E-state index in [9.17, 15) is 8.78 Å². The Kier molecular flexibility index (Phi) is 3.99. The monoisotopic (exact) mass is 252 g/mol. The van der Waals surface area contributed by atoms with Crippen LogP contribution in [0, 0.1) is 0 Å². The smallest absolute Gasteiger partial charge is 0.255 e. The van der Waals surface area contributed by atoms with Gasteiger partial charge >= 0.3 is 0 Å². The molecule has 2 N–H and O–H groups in total. The zero-order valence-electron chi connectivity index (χ0n) is 9.76. The van der Waals surface area contributed by atoms with Crippen LogP contribution in [0.3, 0.4) is 0 Å². The Balaban J connectivity index is 2.43. The lowest BCUT2D eigenvalue weighted by atomic mass is 10.2. The molecule has 0 amide bonds. The van der Waals surface area contributed by atoms with E-state index in [4.69, 9.17) is 5.73 Å². The highest BCUT2D eigenvalue weighted by molar-refractivity contribution is 5.90. The van der Waals surface area contributed by atoms with Crippen molar-refractivity contribution in [1.29, 1.82) is 0 Å². The molecular weight excluding hydrogens is 238 g/mol. The molecule has 6 heteroatoms. The highest BCUT2D eigenvalue weighted by Gasteiger charge is 2.15. The summed E-state index contributed by atoms with van der Waals surface area (Å²) in [7, 11) is 0. The number of rotatable bonds is 5. The van der Waals surface area contributed by atoms with E-state index >= 15 is 0 Å². The van der Waals surface area contributed by atoms with Gasteiger partial charge < -0.3 is 10.6 Å². The quantitative estimate of drug-likeness (QED) is 0.879. The van der Waals surface area contributed by atoms with Crippen LogP contribution in [0.15, 0.2) is 30.5 Å². The van der Waals surface area contributed by atoms with Gasteiger partial charge in [-0.1, -0.05) is 18.2 Å². The first-order valence-electron chi connectivity index (χ1n) is 5.66. The summed E-state index contributed by atoms with van der Waals surface area (Å²) < 4.78 is 25.2. The number of aromatic nitrogens is 2. The second-order valence-corrected chi connectivity index (χ2v) is 3.87. The molecule has 0 aliphatic heterocycles. The molecule has 0 atom stereocenters. The highest BCUT2D eigenvalue weighted by Crippen LogP contribution is 2.24. The fourth-order valence-electron chi connectivity index (χ4n) is 1.88. The normalized spacial score (nSPS) is 11.1. The van der Waals surface area contributed by atoms with Gasteiger partial charge in [-0.25, -0.2) is 8.78 Å². The molecular formula is C12H14F2N4. The van der Waals surface area contributed by atoms with Gasteiger partial charge in [-0.05, 0) is 6.07 Å². The topological polar surface area (TPSA) is 55.0 Å². The second-order valence-electron chi connectivity index (χ2n) is 3.87. The lowest BCUT2D eigenvalue weighted by Crippen LogP contribution is -2.33. The summed E-state index contributed by atoms with van der Waals surface area (Å²) in [6, 6.07) is 7.32. The third-order valence-electron chi connectivity index (χ3n) is 2.62. The molecule has 1 heterocycles. The Bertz CT molecular complexity index is 513. The summed E-state index contributed by atoms with van der Waals surface area (Å²) >= 11 is 0. The van der Waals surface area contributed by atoms with Crippen molar-refractivity contribution in [2.24, 2.45) is 5.73 Å². The summed E-state index contributed by atoms with van der Waals surface area (Å²) in [6.45, 7) is 0.316. The molecule has 0 bridgehead atoms. The molecule has 4 nitrogen and oxygen atoms in total. The maximum absolute atomic E-state index is 12.6. The van der Waals surface area contributed by atoms with E-state index in [1.807, 2.05) is 18.2 Å². The zero-order chi connectivity index (χ0) is 13.0. The molecule has 0 fully saturated rings. The van der Waals surface area contributed by atoms with E-state index in [0.29, 0.717) is 24.3 Å². The molecule has 0 aliphatic rings. The summed E-state index contributed by atoms with van der Waals surface area (Å²) in [4.78, 5) is 1.54. The van der Waals surface area contributed by atoms with Gasteiger partial charge in [-0.2, -0.15) is 10.2 Å². The molecule has 0 saturated heterocycles. The van der Waals surface area contributed by atoms with Gasteiger partial charge in [0.05, 0.1) is 23.9 Å². The fraction of sp³-hybridized carbons (Fsp3) is 0.333. The molecule has 0 saturated carbocycles. The molecule has 0 aliphatic carbocycles. The van der Waals surface area contributed by atoms with Crippen molar-refractivity contribution < 1.29 is 8.78 Å². The SMILES string of the molecule is NCCN(CC(F)F)c1cnnc2ccccc12. The lowest BCUT2D eigenvalue weighted by Gasteiger charge is -2.24. The summed E-state index contributed by atoms with van der Waals surface area (Å²) in [5, 5.41) is 8.62. The first-order valence-corrected chi connectivity index (χ1v) is 5.66. The molecule has 0 unspecified atom stereocenters. The average molecular weight is 252 g/mol. The molecule has 1 aromatic carbocycles. The van der Waals surface area contributed by atoms with Gasteiger partial charge in [-0.15, -0.1) is 0 Å². The van der Waals surface area contributed by atoms with E-state index in [1.165, 1.54) is 6.20 Å². The second kappa shape index (κ2) is 5.68. The van der Waals surface area contributed by atoms with Gasteiger partial charge in [0.2, 0.25) is 0 Å². The Morgan fingerprint density at radius 1 is 1.28 bits per heavy atom. The summed E-state index contributed by atoms with van der Waals surface area (Å²) in [5.41, 5.74) is 6.80. The predicted molar refractivity (Wildman–Crippen MR) is 66.8 cm³/mol. The van der Waals surface area contributed by atoms with Crippen molar-refractivity contribution >= 4 is 16.6 Å². The summed E-state index contributed by atoms with van der Waals surface area (Å²) in [5.74, 6) is 0. The lowest BCUT2D eigenvalue weighted by molar-refractivity contribution is 0.155. The van der Waals surface area contributed by atoms with Crippen LogP contribution >= 0.6 is 0 Å². The first-order chi connectivity index (χ1) is 8.72. The van der Waals surface area contributed by atoms with Crippen LogP contribution in [-0.2, 0) is 0 Å². The molecule has 2 aromatic rings. The van der Waals surface area contributed by atoms with E-state index in [0.717, 1.165) is 5.39 Å². The number of halogens is 2. The fourth-order valence-corrected chi connectivity index (χ4v) is 1.88. The van der Waals surface area contributed by atoms with Crippen molar-refractivity contribution in [3.63, 3.8) is 0 Å². The van der Waals surface area contributed by atoms with E-state index in [-0.39, 0.29) is 6.54 Å². The summed E-state index contributed by atoms with van der Waals surface area (Å²) in [6.07, 6.45) is -0.913. The van der Waals surface area contributed by atoms with E-state index < -0.39 is 6.43 Å². The Labute approximate surface area is 103 Å². The minimum absolute atomic E-state index is 0.309. The van der Waals surface area contributed by atoms with Crippen LogP contribution in [-0.4, -0.2) is 36.3 Å². The average Bonchev–Trinajstić information content (AvgIpc) is 2.37. The standard InChI is InChI=1S/C12H14F2N4/c13-12(14)8-18(6-5-15)11-7-16-17-10-4-2-1-3-9(10)11/h1-4,7,12H,5-6,8,15H2. The number of fused-ring (bicyclic) bond motifs is 1. The van der Waals surface area contributed by atoms with Gasteiger partial charge in [0.15, 0.2) is 0 Å². The van der Waals surface area contributed by atoms with Gasteiger partial charge in [-0.3, -0.25) is 0 Å². The first kappa shape index (κ1) is 12.6. The Morgan fingerprint density at radius 2 is 2.06 bits per heavy atom. The highest BCUT2D eigenvalue weighted by atomic mass is 19.3. The van der Waals surface area contributed by atoms with Crippen molar-refractivity contribution in [3.8, 4) is 0 Å². The van der Waals surface area contributed by atoms with Crippen LogP contribution in [0.4, 0.5) is 14.5 Å². The van der Waals surface area contributed by atoms with Crippen LogP contribution in [0.2, 0.25) is 0 Å². The number of hydrogen-bond donors (Lipinski definition) is 1. The largest absolute Gasteiger partial charge is 0.363 e. The number of nitrogens with zero attached hydrogens (tertiary/aromatic N) is 3. The van der Waals surface area contributed by atoms with Crippen molar-refractivity contribution in [3.05, 3.63) is 30.5 Å². The van der Waals surface area contributed by atoms with Crippen molar-refractivity contribution in [2.75, 3.05) is 24.5 Å². The molecule has 1 aromatic heterocycles. The molecule has 0 spiro atoms. The van der Waals surface area contributed by atoms with Gasteiger partial charge in [0.25, 0.3) is 6.43 Å². The van der Waals surface area contributed by atoms with Crippen LogP contribution in [0.5, 0.6) is 0 Å². The maximum Gasteiger partial charge on any atom is 0.255 e. The Hall–Kier alpha value is -1.82. The van der Waals surface area contributed by atoms with E-state index in [1.54, 1.807) is 11.0 Å². The van der Waals surface area contributed by atoms with Crippen LogP contribution in [0.25, 0.3) is 10.9 Å². The van der Waals surface area contributed by atoms with Crippen LogP contribution in [0.1, 0.15) is 0 Å². The Morgan fingerprint density at radius 3 is 2.78 bits per heavy atom. The number of alkyl halides is 2. The number of benzene rings is 1. The molecule has 96 valence electrons. The third-order valence-corrected chi connectivity index (χ3v) is 2.62. The molecule has 0 radical (unpaired) electrons. The molecule has 2 rings (SSSR count). The van der Waals surface area contributed by atoms with E-state index in [2.05, 4.69) is 10.2 Å². The minimum Gasteiger partial charge on any atom is -0.363 e. The predicted octanol–water partition coefficient (Wildman–Crippen LogP) is 1.66.